The molecule has 0 aromatic heterocycles. The number of piperazine rings is 1. The van der Waals surface area contributed by atoms with E-state index < -0.39 is 0 Å². The maximum absolute atomic E-state index is 13.9. The minimum absolute atomic E-state index is 0.164. The van der Waals surface area contributed by atoms with Crippen molar-refractivity contribution < 1.29 is 4.39 Å². The molecule has 106 valence electrons. The summed E-state index contributed by atoms with van der Waals surface area (Å²) in [6.07, 6.45) is 0.930. The van der Waals surface area contributed by atoms with Crippen LogP contribution in [0, 0.1) is 5.82 Å². The molecule has 0 spiro atoms. The van der Waals surface area contributed by atoms with Gasteiger partial charge in [0, 0.05) is 32.7 Å². The van der Waals surface area contributed by atoms with Crippen molar-refractivity contribution in [2.24, 2.45) is 0 Å². The maximum atomic E-state index is 13.9. The lowest BCUT2D eigenvalue weighted by atomic mass is 9.98. The molecule has 1 saturated heterocycles. The smallest absolute Gasteiger partial charge is 0.145 e. The summed E-state index contributed by atoms with van der Waals surface area (Å²) in [5.41, 5.74) is 1.86. The minimum atomic E-state index is -0.261. The summed E-state index contributed by atoms with van der Waals surface area (Å²) >= 11 is 5.99. The first-order chi connectivity index (χ1) is 9.08. The van der Waals surface area contributed by atoms with Gasteiger partial charge in [-0.2, -0.15) is 0 Å². The molecule has 0 amide bonds. The van der Waals surface area contributed by atoms with Crippen molar-refractivity contribution in [3.8, 4) is 0 Å². The molecule has 0 aliphatic carbocycles. The third-order valence-electron chi connectivity index (χ3n) is 3.66. The van der Waals surface area contributed by atoms with E-state index >= 15 is 0 Å². The highest BCUT2D eigenvalue weighted by atomic mass is 35.5. The van der Waals surface area contributed by atoms with Crippen molar-refractivity contribution >= 4 is 11.6 Å². The molecule has 1 aliphatic heterocycles. The molecule has 4 heteroatoms. The summed E-state index contributed by atoms with van der Waals surface area (Å²) in [4.78, 5) is 2.43. The van der Waals surface area contributed by atoms with Gasteiger partial charge in [0.05, 0.1) is 5.02 Å². The van der Waals surface area contributed by atoms with E-state index in [1.165, 1.54) is 0 Å². The average molecular weight is 285 g/mol. The zero-order valence-electron chi connectivity index (χ0n) is 11.7. The van der Waals surface area contributed by atoms with Gasteiger partial charge in [-0.3, -0.25) is 0 Å². The quantitative estimate of drug-likeness (QED) is 0.914. The van der Waals surface area contributed by atoms with E-state index in [0.29, 0.717) is 0 Å². The molecule has 2 nitrogen and oxygen atoms in total. The lowest BCUT2D eigenvalue weighted by Crippen LogP contribution is -2.44. The van der Waals surface area contributed by atoms with Gasteiger partial charge in [0.15, 0.2) is 0 Å². The van der Waals surface area contributed by atoms with E-state index in [9.17, 15) is 4.39 Å². The van der Waals surface area contributed by atoms with Crippen LogP contribution in [0.3, 0.4) is 0 Å². The number of benzene rings is 1. The van der Waals surface area contributed by atoms with Crippen LogP contribution in [0.15, 0.2) is 12.1 Å². The van der Waals surface area contributed by atoms with Crippen LogP contribution in [0.2, 0.25) is 5.02 Å². The zero-order chi connectivity index (χ0) is 13.8. The van der Waals surface area contributed by atoms with Crippen LogP contribution in [0.1, 0.15) is 30.9 Å². The molecular formula is C15H22ClFN2. The van der Waals surface area contributed by atoms with Crippen molar-refractivity contribution in [1.29, 1.82) is 0 Å². The van der Waals surface area contributed by atoms with Crippen LogP contribution < -0.4 is 5.32 Å². The third kappa shape index (κ3) is 3.91. The van der Waals surface area contributed by atoms with Crippen LogP contribution in [0.5, 0.6) is 0 Å². The molecule has 1 aliphatic rings. The number of halogens is 2. The Morgan fingerprint density at radius 1 is 1.32 bits per heavy atom. The lowest BCUT2D eigenvalue weighted by molar-refractivity contribution is 0.244. The van der Waals surface area contributed by atoms with Crippen molar-refractivity contribution in [1.82, 2.24) is 10.2 Å². The SMILES string of the molecule is CC(C)c1cc(CCN2CCNCC2)cc(Cl)c1F. The van der Waals surface area contributed by atoms with Crippen LogP contribution in [0.4, 0.5) is 4.39 Å². The summed E-state index contributed by atoms with van der Waals surface area (Å²) in [6.45, 7) is 9.30. The van der Waals surface area contributed by atoms with Gasteiger partial charge in [-0.1, -0.05) is 31.5 Å². The standard InChI is InChI=1S/C15H22ClFN2/c1-11(2)13-9-12(10-14(16)15(13)17)3-6-19-7-4-18-5-8-19/h9-11,18H,3-8H2,1-2H3. The Labute approximate surface area is 119 Å². The fourth-order valence-corrected chi connectivity index (χ4v) is 2.70. The zero-order valence-corrected chi connectivity index (χ0v) is 12.4. The molecule has 0 bridgehead atoms. The van der Waals surface area contributed by atoms with Gasteiger partial charge >= 0.3 is 0 Å². The highest BCUT2D eigenvalue weighted by molar-refractivity contribution is 6.30. The largest absolute Gasteiger partial charge is 0.314 e. The van der Waals surface area contributed by atoms with Gasteiger partial charge in [-0.15, -0.1) is 0 Å². The first-order valence-corrected chi connectivity index (χ1v) is 7.36. The van der Waals surface area contributed by atoms with E-state index in [4.69, 9.17) is 11.6 Å². The van der Waals surface area contributed by atoms with E-state index in [1.807, 2.05) is 19.9 Å². The van der Waals surface area contributed by atoms with E-state index in [2.05, 4.69) is 10.2 Å². The van der Waals surface area contributed by atoms with Gasteiger partial charge in [-0.25, -0.2) is 4.39 Å². The topological polar surface area (TPSA) is 15.3 Å². The van der Waals surface area contributed by atoms with Crippen LogP contribution in [-0.4, -0.2) is 37.6 Å². The molecular weight excluding hydrogens is 263 g/mol. The second-order valence-electron chi connectivity index (χ2n) is 5.48. The second kappa shape index (κ2) is 6.69. The number of hydrogen-bond donors (Lipinski definition) is 1. The van der Waals surface area contributed by atoms with E-state index in [-0.39, 0.29) is 16.8 Å². The van der Waals surface area contributed by atoms with Gasteiger partial charge in [0.2, 0.25) is 0 Å². The van der Waals surface area contributed by atoms with Crippen molar-refractivity contribution in [2.75, 3.05) is 32.7 Å². The predicted molar refractivity (Wildman–Crippen MR) is 78.5 cm³/mol. The van der Waals surface area contributed by atoms with E-state index in [0.717, 1.165) is 50.3 Å². The first-order valence-electron chi connectivity index (χ1n) is 6.99. The van der Waals surface area contributed by atoms with Crippen molar-refractivity contribution in [2.45, 2.75) is 26.2 Å². The molecule has 0 radical (unpaired) electrons. The predicted octanol–water partition coefficient (Wildman–Crippen LogP) is 3.05. The lowest BCUT2D eigenvalue weighted by Gasteiger charge is -2.27. The molecule has 19 heavy (non-hydrogen) atoms. The molecule has 1 N–H and O–H groups in total. The molecule has 1 aromatic rings. The summed E-state index contributed by atoms with van der Waals surface area (Å²) in [6, 6.07) is 3.74. The normalized spacial score (nSPS) is 17.1. The third-order valence-corrected chi connectivity index (χ3v) is 3.94. The van der Waals surface area contributed by atoms with Gasteiger partial charge in [-0.05, 0) is 29.5 Å². The van der Waals surface area contributed by atoms with Gasteiger partial charge < -0.3 is 10.2 Å². The molecule has 0 unspecified atom stereocenters. The van der Waals surface area contributed by atoms with E-state index in [1.54, 1.807) is 6.07 Å². The molecule has 1 heterocycles. The minimum Gasteiger partial charge on any atom is -0.314 e. The van der Waals surface area contributed by atoms with Gasteiger partial charge in [0.25, 0.3) is 0 Å². The Morgan fingerprint density at radius 3 is 2.63 bits per heavy atom. The Bertz CT molecular complexity index is 428. The fourth-order valence-electron chi connectivity index (χ4n) is 2.46. The van der Waals surface area contributed by atoms with Crippen molar-refractivity contribution in [3.63, 3.8) is 0 Å². The van der Waals surface area contributed by atoms with Gasteiger partial charge in [0.1, 0.15) is 5.82 Å². The first kappa shape index (κ1) is 14.8. The Kier molecular flexibility index (Phi) is 5.20. The van der Waals surface area contributed by atoms with Crippen LogP contribution in [0.25, 0.3) is 0 Å². The number of nitrogens with one attached hydrogen (secondary N) is 1. The summed E-state index contributed by atoms with van der Waals surface area (Å²) in [5.74, 6) is -0.0979. The molecule has 0 saturated carbocycles. The summed E-state index contributed by atoms with van der Waals surface area (Å²) in [7, 11) is 0. The summed E-state index contributed by atoms with van der Waals surface area (Å²) in [5, 5.41) is 3.59. The Morgan fingerprint density at radius 2 is 2.00 bits per heavy atom. The monoisotopic (exact) mass is 284 g/mol. The number of rotatable bonds is 4. The Hall–Kier alpha value is -0.640. The Balaban J connectivity index is 2.03. The maximum Gasteiger partial charge on any atom is 0.145 e. The number of hydrogen-bond acceptors (Lipinski definition) is 2. The highest BCUT2D eigenvalue weighted by Gasteiger charge is 2.14. The fraction of sp³-hybridized carbons (Fsp3) is 0.600. The average Bonchev–Trinajstić information content (AvgIpc) is 2.41. The molecule has 2 rings (SSSR count). The van der Waals surface area contributed by atoms with Crippen LogP contribution in [-0.2, 0) is 6.42 Å². The second-order valence-corrected chi connectivity index (χ2v) is 5.88. The molecule has 0 atom stereocenters. The number of nitrogens with zero attached hydrogens (tertiary/aromatic N) is 1. The molecule has 1 aromatic carbocycles. The highest BCUT2D eigenvalue weighted by Crippen LogP contribution is 2.26. The summed E-state index contributed by atoms with van der Waals surface area (Å²) < 4.78 is 13.9. The van der Waals surface area contributed by atoms with Crippen LogP contribution >= 0.6 is 11.6 Å². The molecule has 1 fully saturated rings. The van der Waals surface area contributed by atoms with Crippen molar-refractivity contribution in [3.05, 3.63) is 34.1 Å².